The third-order valence-electron chi connectivity index (χ3n) is 14.9. The van der Waals surface area contributed by atoms with Crippen molar-refractivity contribution in [2.75, 3.05) is 104 Å². The van der Waals surface area contributed by atoms with Gasteiger partial charge in [0.15, 0.2) is 28.8 Å². The third kappa shape index (κ3) is 12.1. The molecule has 0 spiro atoms. The van der Waals surface area contributed by atoms with Gasteiger partial charge in [-0.1, -0.05) is 24.3 Å². The Morgan fingerprint density at radius 3 is 1.24 bits per heavy atom. The molecule has 2 N–H and O–H groups in total. The van der Waals surface area contributed by atoms with E-state index in [1.165, 1.54) is 0 Å². The number of piperazine rings is 2. The summed E-state index contributed by atoms with van der Waals surface area (Å²) in [6.45, 7) is 21.2. The number of ether oxygens (including phenoxy) is 4. The first-order valence-electron chi connectivity index (χ1n) is 27.6. The Kier molecular flexibility index (Phi) is 16.8. The van der Waals surface area contributed by atoms with Crippen LogP contribution in [-0.4, -0.2) is 159 Å². The van der Waals surface area contributed by atoms with Gasteiger partial charge in [0.1, 0.15) is 11.3 Å². The molecule has 4 aromatic carbocycles. The van der Waals surface area contributed by atoms with Crippen LogP contribution in [0.2, 0.25) is 0 Å². The van der Waals surface area contributed by atoms with Crippen LogP contribution in [0.3, 0.4) is 0 Å². The normalized spacial score (nSPS) is 15.6. The van der Waals surface area contributed by atoms with Gasteiger partial charge in [-0.15, -0.1) is 0 Å². The monoisotopic (exact) mass is 1050 g/mol. The van der Waals surface area contributed by atoms with Crippen LogP contribution in [0.5, 0.6) is 23.0 Å². The maximum Gasteiger partial charge on any atom is 0.229 e. The number of nitrogens with zero attached hydrogens (tertiary/aromatic N) is 10. The summed E-state index contributed by atoms with van der Waals surface area (Å²) in [4.78, 5) is 44.6. The van der Waals surface area contributed by atoms with E-state index < -0.39 is 0 Å². The molecule has 10 rings (SSSR count). The highest BCUT2D eigenvalue weighted by Gasteiger charge is 2.37. The zero-order chi connectivity index (χ0) is 54.3. The topological polar surface area (TPSA) is 152 Å². The average molecular weight is 1060 g/mol. The fourth-order valence-electron chi connectivity index (χ4n) is 10.8. The Bertz CT molecular complexity index is 3110. The van der Waals surface area contributed by atoms with Gasteiger partial charge in [0.2, 0.25) is 11.9 Å². The first-order chi connectivity index (χ1) is 38.0. The molecule has 2 unspecified atom stereocenters. The first-order valence-corrected chi connectivity index (χ1v) is 27.6. The largest absolute Gasteiger partial charge is 0.490 e. The van der Waals surface area contributed by atoms with Crippen molar-refractivity contribution in [3.8, 4) is 34.4 Å². The van der Waals surface area contributed by atoms with Gasteiger partial charge >= 0.3 is 0 Å². The minimum absolute atomic E-state index is 0.284. The van der Waals surface area contributed by atoms with Crippen LogP contribution in [0.15, 0.2) is 109 Å². The molecule has 0 aliphatic carbocycles. The molecule has 17 nitrogen and oxygen atoms in total. The highest BCUT2D eigenvalue weighted by Crippen LogP contribution is 2.34. The van der Waals surface area contributed by atoms with Crippen molar-refractivity contribution in [2.24, 2.45) is 0 Å². The molecule has 2 fully saturated rings. The van der Waals surface area contributed by atoms with Gasteiger partial charge in [0, 0.05) is 122 Å². The van der Waals surface area contributed by atoms with Crippen LogP contribution in [0.25, 0.3) is 33.4 Å². The van der Waals surface area contributed by atoms with Crippen LogP contribution in [-0.2, 0) is 17.6 Å². The number of hydrogen-bond acceptors (Lipinski definition) is 15. The van der Waals surface area contributed by atoms with Crippen LogP contribution in [0, 0.1) is 13.8 Å². The third-order valence-corrected chi connectivity index (χ3v) is 14.9. The van der Waals surface area contributed by atoms with E-state index in [1.807, 2.05) is 76.5 Å². The standard InChI is InChI=1S/C61H74N12O5/c1-9-75-53-23-17-47(37-55(53)77-11-3)64-60-62-39-45-33-41(5)72(58(45)66-60)49-19-13-43(14-20-49)35-51(70-29-25-68(7)26-30-70)57(74)52(71-31-27-69(8)28-32-71)36-44-15-21-50(22-16-44)73-42(6)34-46-40-63-61(67-59(46)73)65-48-18-24-54(76-10-2)56(38-48)78-12-4/h13-24,33-34,37-40,51-52H,9-12,25-32,35-36H2,1-8H3,(H,62,64,66)(H,63,65,67). The van der Waals surface area contributed by atoms with Crippen molar-refractivity contribution in [1.29, 1.82) is 0 Å². The fraction of sp³-hybridized carbons (Fsp3) is 0.393. The molecular formula is C61H74N12O5. The Hall–Kier alpha value is -7.57. The Morgan fingerprint density at radius 1 is 0.500 bits per heavy atom. The number of Topliss-reactive ketones (excluding diaryl/α,β-unsaturated/α-hetero) is 1. The fourth-order valence-corrected chi connectivity index (χ4v) is 10.8. The van der Waals surface area contributed by atoms with Crippen molar-refractivity contribution >= 4 is 51.1 Å². The number of nitrogens with one attached hydrogen (secondary N) is 2. The zero-order valence-corrected chi connectivity index (χ0v) is 46.5. The maximum atomic E-state index is 15.6. The number of ketones is 1. The maximum absolute atomic E-state index is 15.6. The van der Waals surface area contributed by atoms with Crippen LogP contribution < -0.4 is 29.6 Å². The molecule has 2 aliphatic rings. The van der Waals surface area contributed by atoms with Crippen molar-refractivity contribution in [1.82, 2.24) is 48.7 Å². The summed E-state index contributed by atoms with van der Waals surface area (Å²) in [5.74, 6) is 3.96. The van der Waals surface area contributed by atoms with Crippen LogP contribution in [0.4, 0.5) is 23.3 Å². The molecule has 0 bridgehead atoms. The lowest BCUT2D eigenvalue weighted by Gasteiger charge is -2.42. The van der Waals surface area contributed by atoms with Crippen molar-refractivity contribution in [3.05, 3.63) is 132 Å². The first kappa shape index (κ1) is 53.8. The number of rotatable bonds is 22. The number of likely N-dealkylation sites (N-methyl/N-ethyl adjacent to an activating group) is 2. The Morgan fingerprint density at radius 2 is 0.872 bits per heavy atom. The lowest BCUT2D eigenvalue weighted by molar-refractivity contribution is -0.131. The lowest BCUT2D eigenvalue weighted by Crippen LogP contribution is -2.59. The minimum Gasteiger partial charge on any atom is -0.490 e. The van der Waals surface area contributed by atoms with Gasteiger partial charge < -0.3 is 39.4 Å². The van der Waals surface area contributed by atoms with E-state index in [0.29, 0.717) is 74.2 Å². The molecule has 2 saturated heterocycles. The second-order valence-electron chi connectivity index (χ2n) is 20.3. The minimum atomic E-state index is -0.292. The summed E-state index contributed by atoms with van der Waals surface area (Å²) >= 11 is 0. The SMILES string of the molecule is CCOc1ccc(Nc2ncc3cc(C)n(-c4ccc(CC(C(=O)C(Cc5ccc(-n6c(C)cc7cnc(Nc8ccc(OCC)c(OCC)c8)nc76)cc5)N5CCN(C)CC5)N5CCN(C)CC5)cc4)c3n2)cc1OCC. The number of carbonyl (C=O) groups is 1. The van der Waals surface area contributed by atoms with Gasteiger partial charge in [-0.2, -0.15) is 9.97 Å². The van der Waals surface area contributed by atoms with Gasteiger partial charge in [-0.25, -0.2) is 9.97 Å². The molecular weight excluding hydrogens is 981 g/mol. The molecule has 408 valence electrons. The number of aromatic nitrogens is 6. The number of benzene rings is 4. The van der Waals surface area contributed by atoms with Gasteiger partial charge in [-0.05, 0) is 140 Å². The van der Waals surface area contributed by atoms with E-state index in [4.69, 9.17) is 28.9 Å². The predicted octanol–water partition coefficient (Wildman–Crippen LogP) is 9.44. The van der Waals surface area contributed by atoms with Crippen LogP contribution >= 0.6 is 0 Å². The highest BCUT2D eigenvalue weighted by atomic mass is 16.5. The second kappa shape index (κ2) is 24.4. The summed E-state index contributed by atoms with van der Waals surface area (Å²) in [5, 5.41) is 8.64. The summed E-state index contributed by atoms with van der Waals surface area (Å²) < 4.78 is 27.7. The molecule has 78 heavy (non-hydrogen) atoms. The van der Waals surface area contributed by atoms with Gasteiger partial charge in [0.25, 0.3) is 0 Å². The lowest BCUT2D eigenvalue weighted by atomic mass is 9.91. The number of aryl methyl sites for hydroxylation is 2. The average Bonchev–Trinajstić information content (AvgIpc) is 4.02. The van der Waals surface area contributed by atoms with E-state index in [2.05, 4.69) is 138 Å². The smallest absolute Gasteiger partial charge is 0.229 e. The van der Waals surface area contributed by atoms with Crippen molar-refractivity contribution in [3.63, 3.8) is 0 Å². The summed E-state index contributed by atoms with van der Waals surface area (Å²) in [6.07, 6.45) is 4.95. The van der Waals surface area contributed by atoms with E-state index in [0.717, 1.165) is 120 Å². The number of anilines is 4. The Labute approximate surface area is 458 Å². The van der Waals surface area contributed by atoms with E-state index in [9.17, 15) is 0 Å². The summed E-state index contributed by atoms with van der Waals surface area (Å²) in [6, 6.07) is 32.5. The van der Waals surface area contributed by atoms with Gasteiger partial charge in [0.05, 0.1) is 38.5 Å². The predicted molar refractivity (Wildman–Crippen MR) is 309 cm³/mol. The van der Waals surface area contributed by atoms with E-state index >= 15 is 4.79 Å². The summed E-state index contributed by atoms with van der Waals surface area (Å²) in [7, 11) is 4.34. The van der Waals surface area contributed by atoms with Crippen molar-refractivity contribution < 1.29 is 23.7 Å². The second-order valence-corrected chi connectivity index (χ2v) is 20.3. The quantitative estimate of drug-likeness (QED) is 0.0663. The van der Waals surface area contributed by atoms with E-state index in [1.54, 1.807) is 0 Å². The number of fused-ring (bicyclic) bond motifs is 2. The molecule has 0 amide bonds. The molecule has 6 heterocycles. The summed E-state index contributed by atoms with van der Waals surface area (Å²) in [5.41, 5.74) is 9.51. The Balaban J connectivity index is 0.895. The molecule has 2 aliphatic heterocycles. The highest BCUT2D eigenvalue weighted by molar-refractivity contribution is 5.90. The van der Waals surface area contributed by atoms with Crippen LogP contribution in [0.1, 0.15) is 50.2 Å². The molecule has 17 heteroatoms. The number of hydrogen-bond donors (Lipinski definition) is 2. The molecule has 0 saturated carbocycles. The molecule has 8 aromatic rings. The number of carbonyl (C=O) groups excluding carboxylic acids is 1. The van der Waals surface area contributed by atoms with Gasteiger partial charge in [-0.3, -0.25) is 23.7 Å². The zero-order valence-electron chi connectivity index (χ0n) is 46.5. The van der Waals surface area contributed by atoms with Crippen molar-refractivity contribution in [2.45, 2.75) is 66.5 Å². The molecule has 4 aromatic heterocycles. The molecule has 0 radical (unpaired) electrons. The molecule has 2 atom stereocenters. The van der Waals surface area contributed by atoms with E-state index in [-0.39, 0.29) is 17.9 Å².